The molecule has 0 atom stereocenters. The van der Waals surface area contributed by atoms with Gasteiger partial charge < -0.3 is 5.32 Å². The van der Waals surface area contributed by atoms with E-state index in [1.165, 1.54) is 25.7 Å². The summed E-state index contributed by atoms with van der Waals surface area (Å²) in [5, 5.41) is 14.6. The lowest BCUT2D eigenvalue weighted by Crippen LogP contribution is -2.32. The fraction of sp³-hybridized carbons (Fsp3) is 0.909. The molecule has 0 aromatic rings. The highest BCUT2D eigenvalue weighted by Gasteiger charge is 1.95. The van der Waals surface area contributed by atoms with Gasteiger partial charge in [0.05, 0.1) is 0 Å². The van der Waals surface area contributed by atoms with Crippen LogP contribution in [0, 0.1) is 5.41 Å². The quantitative estimate of drug-likeness (QED) is 0.351. The monoisotopic (exact) mass is 198 g/mol. The Balaban J connectivity index is 3.11. The number of guanidine groups is 1. The minimum absolute atomic E-state index is 0.359. The summed E-state index contributed by atoms with van der Waals surface area (Å²) in [5.41, 5.74) is 0. The summed E-state index contributed by atoms with van der Waals surface area (Å²) in [4.78, 5) is 0. The fourth-order valence-corrected chi connectivity index (χ4v) is 1.19. The Morgan fingerprint density at radius 1 is 1.07 bits per heavy atom. The first kappa shape index (κ1) is 13.3. The lowest BCUT2D eigenvalue weighted by Gasteiger charge is -2.06. The molecule has 0 spiro atoms. The van der Waals surface area contributed by atoms with Crippen molar-refractivity contribution in [3.8, 4) is 0 Å². The van der Waals surface area contributed by atoms with E-state index < -0.39 is 0 Å². The summed E-state index contributed by atoms with van der Waals surface area (Å²) in [6.45, 7) is 6.05. The van der Waals surface area contributed by atoms with E-state index in [1.807, 2.05) is 0 Å². The van der Waals surface area contributed by atoms with Crippen molar-refractivity contribution in [1.29, 1.82) is 5.41 Å². The predicted molar refractivity (Wildman–Crippen MR) is 61.8 cm³/mol. The molecule has 3 nitrogen and oxygen atoms in total. The third-order valence-electron chi connectivity index (χ3n) is 2.10. The molecule has 0 aromatic carbocycles. The SMILES string of the molecule is CCCCC[N]C(=N)NCCCCC. The molecule has 2 N–H and O–H groups in total. The molecular formula is C11H24N3. The van der Waals surface area contributed by atoms with Gasteiger partial charge in [0.15, 0.2) is 0 Å². The number of hydrogen-bond donors (Lipinski definition) is 2. The summed E-state index contributed by atoms with van der Waals surface area (Å²) in [7, 11) is 0. The van der Waals surface area contributed by atoms with Gasteiger partial charge in [-0.3, -0.25) is 10.7 Å². The van der Waals surface area contributed by atoms with Gasteiger partial charge in [0.25, 0.3) is 0 Å². The molecule has 1 radical (unpaired) electrons. The summed E-state index contributed by atoms with van der Waals surface area (Å²) in [6.07, 6.45) is 7.14. The van der Waals surface area contributed by atoms with Crippen LogP contribution >= 0.6 is 0 Å². The number of nitrogens with one attached hydrogen (secondary N) is 2. The molecule has 0 heterocycles. The number of nitrogens with zero attached hydrogens (tertiary/aromatic N) is 1. The van der Waals surface area contributed by atoms with Gasteiger partial charge >= 0.3 is 0 Å². The van der Waals surface area contributed by atoms with Gasteiger partial charge in [0, 0.05) is 13.1 Å². The number of hydrogen-bond acceptors (Lipinski definition) is 1. The highest BCUT2D eigenvalue weighted by atomic mass is 15.1. The Labute approximate surface area is 88.2 Å². The molecule has 3 heteroatoms. The van der Waals surface area contributed by atoms with Crippen LogP contribution in [-0.2, 0) is 0 Å². The smallest absolute Gasteiger partial charge is 0.210 e. The molecule has 0 fully saturated rings. The van der Waals surface area contributed by atoms with Crippen LogP contribution in [0.15, 0.2) is 0 Å². The Bertz CT molecular complexity index is 120. The first-order chi connectivity index (χ1) is 6.81. The molecule has 0 saturated heterocycles. The van der Waals surface area contributed by atoms with E-state index in [0.29, 0.717) is 5.96 Å². The van der Waals surface area contributed by atoms with Gasteiger partial charge in [-0.15, -0.1) is 0 Å². The van der Waals surface area contributed by atoms with Crippen LogP contribution < -0.4 is 10.6 Å². The summed E-state index contributed by atoms with van der Waals surface area (Å²) in [6, 6.07) is 0. The Hall–Kier alpha value is -0.730. The zero-order chi connectivity index (χ0) is 10.6. The molecule has 0 unspecified atom stereocenters. The van der Waals surface area contributed by atoms with Crippen LogP contribution in [0.4, 0.5) is 0 Å². The van der Waals surface area contributed by atoms with Gasteiger partial charge in [-0.05, 0) is 12.8 Å². The van der Waals surface area contributed by atoms with E-state index in [-0.39, 0.29) is 0 Å². The van der Waals surface area contributed by atoms with Gasteiger partial charge in [-0.2, -0.15) is 0 Å². The van der Waals surface area contributed by atoms with Crippen molar-refractivity contribution in [2.45, 2.75) is 52.4 Å². The van der Waals surface area contributed by atoms with Crippen molar-refractivity contribution < 1.29 is 0 Å². The Kier molecular flexibility index (Phi) is 9.81. The average Bonchev–Trinajstić information content (AvgIpc) is 2.19. The first-order valence-electron chi connectivity index (χ1n) is 5.81. The van der Waals surface area contributed by atoms with Gasteiger partial charge in [-0.25, -0.2) is 0 Å². The highest BCUT2D eigenvalue weighted by Crippen LogP contribution is 1.92. The zero-order valence-corrected chi connectivity index (χ0v) is 9.60. The van der Waals surface area contributed by atoms with Crippen molar-refractivity contribution in [1.82, 2.24) is 10.6 Å². The third-order valence-corrected chi connectivity index (χ3v) is 2.10. The highest BCUT2D eigenvalue weighted by molar-refractivity contribution is 5.75. The minimum atomic E-state index is 0.359. The van der Waals surface area contributed by atoms with Crippen LogP contribution in [0.1, 0.15) is 52.4 Å². The van der Waals surface area contributed by atoms with Crippen LogP contribution in [-0.4, -0.2) is 19.0 Å². The number of unbranched alkanes of at least 4 members (excludes halogenated alkanes) is 4. The van der Waals surface area contributed by atoms with E-state index in [0.717, 1.165) is 25.9 Å². The van der Waals surface area contributed by atoms with E-state index in [9.17, 15) is 0 Å². The average molecular weight is 198 g/mol. The summed E-state index contributed by atoms with van der Waals surface area (Å²) >= 11 is 0. The lowest BCUT2D eigenvalue weighted by molar-refractivity contribution is 0.656. The molecule has 0 amide bonds. The van der Waals surface area contributed by atoms with Crippen LogP contribution in [0.25, 0.3) is 0 Å². The third kappa shape index (κ3) is 9.36. The molecule has 0 bridgehead atoms. The molecule has 83 valence electrons. The molecule has 0 rings (SSSR count). The molecule has 0 aliphatic carbocycles. The molecule has 0 aliphatic heterocycles. The van der Waals surface area contributed by atoms with Crippen molar-refractivity contribution in [2.24, 2.45) is 0 Å². The second-order valence-corrected chi connectivity index (χ2v) is 3.57. The van der Waals surface area contributed by atoms with Crippen molar-refractivity contribution in [3.05, 3.63) is 0 Å². The second kappa shape index (κ2) is 10.4. The van der Waals surface area contributed by atoms with Crippen molar-refractivity contribution in [2.75, 3.05) is 13.1 Å². The molecule has 14 heavy (non-hydrogen) atoms. The molecule has 0 aromatic heterocycles. The largest absolute Gasteiger partial charge is 0.355 e. The normalized spacial score (nSPS) is 9.86. The van der Waals surface area contributed by atoms with E-state index in [2.05, 4.69) is 24.5 Å². The maximum Gasteiger partial charge on any atom is 0.210 e. The molecular weight excluding hydrogens is 174 g/mol. The second-order valence-electron chi connectivity index (χ2n) is 3.57. The van der Waals surface area contributed by atoms with Gasteiger partial charge in [-0.1, -0.05) is 39.5 Å². The standard InChI is InChI=1S/C11H24N3/c1-3-5-7-9-13-11(12)14-10-8-6-4-2/h3-10H2,1-2H3,(H2,12,13). The molecule has 0 saturated carbocycles. The zero-order valence-electron chi connectivity index (χ0n) is 9.60. The van der Waals surface area contributed by atoms with Gasteiger partial charge in [0.2, 0.25) is 5.96 Å². The van der Waals surface area contributed by atoms with Crippen LogP contribution in [0.2, 0.25) is 0 Å². The Morgan fingerprint density at radius 3 is 2.36 bits per heavy atom. The van der Waals surface area contributed by atoms with Gasteiger partial charge in [0.1, 0.15) is 0 Å². The number of rotatable bonds is 8. The van der Waals surface area contributed by atoms with E-state index in [4.69, 9.17) is 5.41 Å². The lowest BCUT2D eigenvalue weighted by atomic mass is 10.2. The minimum Gasteiger partial charge on any atom is -0.355 e. The van der Waals surface area contributed by atoms with E-state index >= 15 is 0 Å². The van der Waals surface area contributed by atoms with Crippen molar-refractivity contribution >= 4 is 5.96 Å². The fourth-order valence-electron chi connectivity index (χ4n) is 1.19. The summed E-state index contributed by atoms with van der Waals surface area (Å²) < 4.78 is 0. The maximum absolute atomic E-state index is 7.48. The predicted octanol–water partition coefficient (Wildman–Crippen LogP) is 2.50. The van der Waals surface area contributed by atoms with E-state index in [1.54, 1.807) is 0 Å². The topological polar surface area (TPSA) is 50.0 Å². The summed E-state index contributed by atoms with van der Waals surface area (Å²) in [5.74, 6) is 0.359. The Morgan fingerprint density at radius 2 is 1.71 bits per heavy atom. The maximum atomic E-state index is 7.48. The van der Waals surface area contributed by atoms with Crippen molar-refractivity contribution in [3.63, 3.8) is 0 Å². The van der Waals surface area contributed by atoms with Crippen LogP contribution in [0.5, 0.6) is 0 Å². The first-order valence-corrected chi connectivity index (χ1v) is 5.81. The molecule has 0 aliphatic rings. The van der Waals surface area contributed by atoms with Crippen LogP contribution in [0.3, 0.4) is 0 Å².